The maximum Gasteiger partial charge on any atom is 0.365 e. The summed E-state index contributed by atoms with van der Waals surface area (Å²) in [5.74, 6) is -0.381. The molecule has 0 aliphatic carbocycles. The third kappa shape index (κ3) is 5.52. The Morgan fingerprint density at radius 3 is 2.18 bits per heavy atom. The first-order valence-electron chi connectivity index (χ1n) is 12.6. The second-order valence-electron chi connectivity index (χ2n) is 8.33. The topological polar surface area (TPSA) is 120 Å². The summed E-state index contributed by atoms with van der Waals surface area (Å²) >= 11 is 0. The number of carbonyl (C=O) groups excluding carboxylic acids is 1. The van der Waals surface area contributed by atoms with Gasteiger partial charge < -0.3 is 19.1 Å². The number of nitriles is 1. The van der Waals surface area contributed by atoms with Crippen LogP contribution in [0.3, 0.4) is 0 Å². The molecule has 202 valence electrons. The number of nitrogens with zero attached hydrogens (tertiary/aromatic N) is 4. The summed E-state index contributed by atoms with van der Waals surface area (Å²) in [5, 5.41) is 18.4. The second-order valence-corrected chi connectivity index (χ2v) is 10.3. The van der Waals surface area contributed by atoms with E-state index in [1.165, 1.54) is 4.68 Å². The third-order valence-corrected chi connectivity index (χ3v) is 8.06. The van der Waals surface area contributed by atoms with Gasteiger partial charge in [-0.3, -0.25) is 9.13 Å². The van der Waals surface area contributed by atoms with E-state index < -0.39 is 13.6 Å². The van der Waals surface area contributed by atoms with Crippen LogP contribution in [0.25, 0.3) is 11.4 Å². The summed E-state index contributed by atoms with van der Waals surface area (Å²) < 4.78 is 33.9. The van der Waals surface area contributed by atoms with E-state index in [2.05, 4.69) is 16.5 Å². The van der Waals surface area contributed by atoms with Crippen molar-refractivity contribution in [3.05, 3.63) is 83.8 Å². The van der Waals surface area contributed by atoms with Gasteiger partial charge in [-0.05, 0) is 57.5 Å². The third-order valence-electron chi connectivity index (χ3n) is 5.75. The number of nitrogens with one attached hydrogen (secondary N) is 1. The first kappa shape index (κ1) is 27.9. The molecule has 10 nitrogen and oxygen atoms in total. The van der Waals surface area contributed by atoms with Crippen LogP contribution in [0.15, 0.2) is 66.9 Å². The van der Waals surface area contributed by atoms with Gasteiger partial charge in [0, 0.05) is 11.9 Å². The van der Waals surface area contributed by atoms with Crippen LogP contribution < -0.4 is 10.6 Å². The summed E-state index contributed by atoms with van der Waals surface area (Å²) in [5.41, 5.74) is 2.03. The molecule has 0 bridgehead atoms. The second kappa shape index (κ2) is 12.1. The molecule has 0 fully saturated rings. The number of anilines is 2. The Kier molecular flexibility index (Phi) is 8.67. The van der Waals surface area contributed by atoms with Crippen molar-refractivity contribution in [2.24, 2.45) is 0 Å². The minimum atomic E-state index is -3.82. The van der Waals surface area contributed by atoms with E-state index in [-0.39, 0.29) is 36.9 Å². The monoisotopic (exact) mass is 547 g/mol. The molecule has 0 saturated carbocycles. The van der Waals surface area contributed by atoms with Crippen molar-refractivity contribution in [1.29, 1.82) is 5.26 Å². The SMILES string of the molecule is CCOC(=O)c1nn(-c2ccccc2)c(C#N)c1-n1cc(C)c(P(=O)(OCC)OCC)c1Nc1ccccc1. The van der Waals surface area contributed by atoms with Crippen LogP contribution in [0.1, 0.15) is 42.5 Å². The smallest absolute Gasteiger partial charge is 0.365 e. The van der Waals surface area contributed by atoms with Crippen LogP contribution >= 0.6 is 7.60 Å². The number of carbonyl (C=O) groups is 1. The fourth-order valence-corrected chi connectivity index (χ4v) is 6.18. The summed E-state index contributed by atoms with van der Waals surface area (Å²) in [4.78, 5) is 13.2. The Morgan fingerprint density at radius 1 is 1.00 bits per heavy atom. The number of hydrogen-bond acceptors (Lipinski definition) is 8. The summed E-state index contributed by atoms with van der Waals surface area (Å²) in [7, 11) is -3.82. The lowest BCUT2D eigenvalue weighted by Gasteiger charge is -2.20. The molecule has 0 saturated heterocycles. The predicted molar refractivity (Wildman–Crippen MR) is 149 cm³/mol. The van der Waals surface area contributed by atoms with E-state index in [1.807, 2.05) is 48.5 Å². The number of ether oxygens (including phenoxy) is 1. The average Bonchev–Trinajstić information content (AvgIpc) is 3.47. The minimum absolute atomic E-state index is 0.0717. The van der Waals surface area contributed by atoms with Gasteiger partial charge in [0.1, 0.15) is 22.9 Å². The predicted octanol–water partition coefficient (Wildman–Crippen LogP) is 5.65. The van der Waals surface area contributed by atoms with E-state index in [4.69, 9.17) is 13.8 Å². The van der Waals surface area contributed by atoms with Crippen molar-refractivity contribution < 1.29 is 23.1 Å². The lowest BCUT2D eigenvalue weighted by atomic mass is 10.2. The Balaban J connectivity index is 2.08. The normalized spacial score (nSPS) is 11.3. The van der Waals surface area contributed by atoms with Crippen LogP contribution in [0, 0.1) is 18.3 Å². The average molecular weight is 548 g/mol. The van der Waals surface area contributed by atoms with E-state index >= 15 is 0 Å². The molecule has 11 heteroatoms. The molecule has 0 atom stereocenters. The van der Waals surface area contributed by atoms with Crippen molar-refractivity contribution in [3.63, 3.8) is 0 Å². The zero-order valence-electron chi connectivity index (χ0n) is 22.2. The largest absolute Gasteiger partial charge is 0.461 e. The first-order valence-corrected chi connectivity index (χ1v) is 14.1. The molecule has 1 N–H and O–H groups in total. The number of esters is 1. The van der Waals surface area contributed by atoms with Crippen LogP contribution in [-0.2, 0) is 18.3 Å². The zero-order chi connectivity index (χ0) is 28.0. The van der Waals surface area contributed by atoms with E-state index in [9.17, 15) is 14.6 Å². The molecule has 4 rings (SSSR count). The molecule has 39 heavy (non-hydrogen) atoms. The number of para-hydroxylation sites is 2. The molecule has 2 aromatic heterocycles. The Bertz CT molecular complexity index is 1530. The lowest BCUT2D eigenvalue weighted by molar-refractivity contribution is 0.0519. The van der Waals surface area contributed by atoms with Gasteiger partial charge in [-0.15, -0.1) is 0 Å². The number of rotatable bonds is 11. The lowest BCUT2D eigenvalue weighted by Crippen LogP contribution is -2.17. The quantitative estimate of drug-likeness (QED) is 0.189. The van der Waals surface area contributed by atoms with Gasteiger partial charge in [0.25, 0.3) is 0 Å². The van der Waals surface area contributed by atoms with Gasteiger partial charge in [-0.2, -0.15) is 10.4 Å². The highest BCUT2D eigenvalue weighted by Gasteiger charge is 2.37. The maximum atomic E-state index is 14.1. The van der Waals surface area contributed by atoms with Gasteiger partial charge >= 0.3 is 13.6 Å². The van der Waals surface area contributed by atoms with Gasteiger partial charge in [0.05, 0.1) is 25.5 Å². The summed E-state index contributed by atoms with van der Waals surface area (Å²) in [6.45, 7) is 7.35. The molecule has 0 amide bonds. The highest BCUT2D eigenvalue weighted by molar-refractivity contribution is 7.62. The zero-order valence-corrected chi connectivity index (χ0v) is 23.1. The number of benzene rings is 2. The van der Waals surface area contributed by atoms with E-state index in [1.54, 1.807) is 50.6 Å². The number of hydrogen-bond donors (Lipinski definition) is 1. The van der Waals surface area contributed by atoms with Gasteiger partial charge in [0.15, 0.2) is 11.4 Å². The first-order chi connectivity index (χ1) is 18.9. The number of aromatic nitrogens is 3. The number of aryl methyl sites for hydroxylation is 1. The fourth-order valence-electron chi connectivity index (χ4n) is 4.26. The Labute approximate surface area is 227 Å². The Hall–Kier alpha value is -4.16. The molecule has 0 aliphatic rings. The molecule has 0 radical (unpaired) electrons. The van der Waals surface area contributed by atoms with Crippen molar-refractivity contribution in [2.45, 2.75) is 27.7 Å². The summed E-state index contributed by atoms with van der Waals surface area (Å²) in [6, 6.07) is 20.5. The van der Waals surface area contributed by atoms with E-state index in [0.717, 1.165) is 0 Å². The van der Waals surface area contributed by atoms with Gasteiger partial charge in [-0.1, -0.05) is 36.4 Å². The highest BCUT2D eigenvalue weighted by atomic mass is 31.2. The van der Waals surface area contributed by atoms with Crippen LogP contribution in [0.5, 0.6) is 0 Å². The summed E-state index contributed by atoms with van der Waals surface area (Å²) in [6.07, 6.45) is 1.68. The molecular formula is C28H30N5O5P. The van der Waals surface area contributed by atoms with Gasteiger partial charge in [0.2, 0.25) is 0 Å². The molecule has 0 unspecified atom stereocenters. The fraction of sp³-hybridized carbons (Fsp3) is 0.250. The van der Waals surface area contributed by atoms with Crippen molar-refractivity contribution in [2.75, 3.05) is 25.1 Å². The van der Waals surface area contributed by atoms with Crippen molar-refractivity contribution >= 4 is 30.4 Å². The standard InChI is InChI=1S/C28H30N5O5P/c1-5-36-28(34)24-25(23(18-29)33(31-24)22-16-12-9-13-17-22)32-19-20(4)26(39(35,37-6-2)38-7-3)27(32)30-21-14-10-8-11-15-21/h8-17,19,30H,5-7H2,1-4H3. The molecule has 2 heterocycles. The molecular weight excluding hydrogens is 517 g/mol. The van der Waals surface area contributed by atoms with Crippen LogP contribution in [-0.4, -0.2) is 40.1 Å². The molecule has 4 aromatic rings. The highest BCUT2D eigenvalue weighted by Crippen LogP contribution is 2.51. The van der Waals surface area contributed by atoms with E-state index in [0.29, 0.717) is 28.1 Å². The van der Waals surface area contributed by atoms with Crippen molar-refractivity contribution in [3.8, 4) is 17.4 Å². The maximum absolute atomic E-state index is 14.1. The van der Waals surface area contributed by atoms with Crippen molar-refractivity contribution in [1.82, 2.24) is 14.3 Å². The molecule has 0 spiro atoms. The molecule has 0 aliphatic heterocycles. The van der Waals surface area contributed by atoms with Gasteiger partial charge in [-0.25, -0.2) is 9.48 Å². The van der Waals surface area contributed by atoms with Crippen LogP contribution in [0.4, 0.5) is 11.5 Å². The molecule has 2 aromatic carbocycles. The van der Waals surface area contributed by atoms with Crippen LogP contribution in [0.2, 0.25) is 0 Å². The Morgan fingerprint density at radius 2 is 1.62 bits per heavy atom. The minimum Gasteiger partial charge on any atom is -0.461 e.